The molecule has 0 spiro atoms. The van der Waals surface area contributed by atoms with Gasteiger partial charge in [0.05, 0.1) is 6.61 Å². The topological polar surface area (TPSA) is 58.6 Å². The van der Waals surface area contributed by atoms with Crippen molar-refractivity contribution >= 4 is 5.91 Å². The summed E-state index contributed by atoms with van der Waals surface area (Å²) in [6.07, 6.45) is 3.11. The first-order valence-electron chi connectivity index (χ1n) is 7.74. The second kappa shape index (κ2) is 7.46. The maximum absolute atomic E-state index is 12.2. The van der Waals surface area contributed by atoms with Crippen LogP contribution in [0.2, 0.25) is 0 Å². The maximum Gasteiger partial charge on any atom is 0.251 e. The molecule has 0 aromatic heterocycles. The van der Waals surface area contributed by atoms with E-state index in [0.717, 1.165) is 18.3 Å². The predicted octanol–water partition coefficient (Wildman–Crippen LogP) is 2.61. The molecule has 1 fully saturated rings. The van der Waals surface area contributed by atoms with Crippen LogP contribution in [-0.2, 0) is 0 Å². The summed E-state index contributed by atoms with van der Waals surface area (Å²) in [5, 5.41) is 12.0. The Hall–Kier alpha value is -1.55. The van der Waals surface area contributed by atoms with Crippen molar-refractivity contribution in [1.29, 1.82) is 0 Å². The molecule has 116 valence electrons. The summed E-state index contributed by atoms with van der Waals surface area (Å²) in [4.78, 5) is 12.2. The van der Waals surface area contributed by atoms with Gasteiger partial charge in [-0.1, -0.05) is 13.8 Å². The van der Waals surface area contributed by atoms with E-state index in [1.54, 1.807) is 12.1 Å². The van der Waals surface area contributed by atoms with Crippen LogP contribution in [0.1, 0.15) is 43.5 Å². The largest absolute Gasteiger partial charge is 0.493 e. The highest BCUT2D eigenvalue weighted by molar-refractivity contribution is 5.94. The van der Waals surface area contributed by atoms with Crippen LogP contribution < -0.4 is 10.1 Å². The van der Waals surface area contributed by atoms with Gasteiger partial charge < -0.3 is 15.2 Å². The lowest BCUT2D eigenvalue weighted by Gasteiger charge is -2.21. The third kappa shape index (κ3) is 5.05. The molecule has 1 unspecified atom stereocenters. The molecule has 1 aromatic carbocycles. The highest BCUT2D eigenvalue weighted by atomic mass is 16.5. The Morgan fingerprint density at radius 1 is 1.33 bits per heavy atom. The van der Waals surface area contributed by atoms with Crippen LogP contribution in [0.5, 0.6) is 5.75 Å². The first-order valence-corrected chi connectivity index (χ1v) is 7.74. The van der Waals surface area contributed by atoms with Crippen molar-refractivity contribution in [2.24, 2.45) is 11.8 Å². The number of hydrogen-bond donors (Lipinski definition) is 2. The molecule has 1 aromatic rings. The van der Waals surface area contributed by atoms with E-state index in [0.29, 0.717) is 17.9 Å². The number of rotatable bonds is 8. The summed E-state index contributed by atoms with van der Waals surface area (Å²) in [7, 11) is 0. The van der Waals surface area contributed by atoms with Gasteiger partial charge in [0.25, 0.3) is 5.91 Å². The first kappa shape index (κ1) is 15.8. The number of hydrogen-bond acceptors (Lipinski definition) is 3. The van der Waals surface area contributed by atoms with E-state index in [1.165, 1.54) is 12.8 Å². The van der Waals surface area contributed by atoms with Crippen molar-refractivity contribution in [3.63, 3.8) is 0 Å². The molecule has 1 saturated carbocycles. The van der Waals surface area contributed by atoms with Crippen molar-refractivity contribution in [1.82, 2.24) is 5.32 Å². The molecule has 0 aliphatic heterocycles. The molecule has 2 N–H and O–H groups in total. The minimum absolute atomic E-state index is 0.00621. The summed E-state index contributed by atoms with van der Waals surface area (Å²) in [6, 6.07) is 7.25. The molecule has 0 heterocycles. The van der Waals surface area contributed by atoms with Crippen LogP contribution >= 0.6 is 0 Å². The van der Waals surface area contributed by atoms with Gasteiger partial charge in [-0.25, -0.2) is 0 Å². The van der Waals surface area contributed by atoms with Gasteiger partial charge >= 0.3 is 0 Å². The predicted molar refractivity (Wildman–Crippen MR) is 82.5 cm³/mol. The van der Waals surface area contributed by atoms with Gasteiger partial charge in [0, 0.05) is 18.2 Å². The van der Waals surface area contributed by atoms with Crippen LogP contribution in [0.3, 0.4) is 0 Å². The Kier molecular flexibility index (Phi) is 5.62. The molecule has 1 amide bonds. The molecule has 21 heavy (non-hydrogen) atoms. The number of aliphatic hydroxyl groups excluding tert-OH is 1. The lowest BCUT2D eigenvalue weighted by Crippen LogP contribution is -2.39. The quantitative estimate of drug-likeness (QED) is 0.774. The smallest absolute Gasteiger partial charge is 0.251 e. The van der Waals surface area contributed by atoms with Crippen molar-refractivity contribution in [2.75, 3.05) is 13.2 Å². The molecule has 2 rings (SSSR count). The zero-order valence-electron chi connectivity index (χ0n) is 12.8. The Balaban J connectivity index is 1.88. The summed E-state index contributed by atoms with van der Waals surface area (Å²) in [5.41, 5.74) is 0.623. The monoisotopic (exact) mass is 291 g/mol. The van der Waals surface area contributed by atoms with Gasteiger partial charge in [0.1, 0.15) is 5.75 Å². The summed E-state index contributed by atoms with van der Waals surface area (Å²) in [6.45, 7) is 4.93. The van der Waals surface area contributed by atoms with E-state index in [1.807, 2.05) is 26.0 Å². The molecule has 0 bridgehead atoms. The van der Waals surface area contributed by atoms with Gasteiger partial charge in [-0.2, -0.15) is 0 Å². The van der Waals surface area contributed by atoms with Crippen LogP contribution in [0, 0.1) is 11.8 Å². The third-order valence-electron chi connectivity index (χ3n) is 3.86. The van der Waals surface area contributed by atoms with E-state index in [9.17, 15) is 4.79 Å². The van der Waals surface area contributed by atoms with Gasteiger partial charge in [0.2, 0.25) is 0 Å². The maximum atomic E-state index is 12.2. The highest BCUT2D eigenvalue weighted by Gasteiger charge is 2.22. The summed E-state index contributed by atoms with van der Waals surface area (Å²) < 4.78 is 5.66. The van der Waals surface area contributed by atoms with E-state index < -0.39 is 0 Å². The zero-order chi connectivity index (χ0) is 15.2. The minimum Gasteiger partial charge on any atom is -0.493 e. The molecule has 0 radical (unpaired) electrons. The Morgan fingerprint density at radius 3 is 2.52 bits per heavy atom. The molecular weight excluding hydrogens is 266 g/mol. The fourth-order valence-electron chi connectivity index (χ4n) is 2.16. The number of amides is 1. The Morgan fingerprint density at radius 2 is 2.00 bits per heavy atom. The van der Waals surface area contributed by atoms with Gasteiger partial charge in [-0.3, -0.25) is 4.79 Å². The van der Waals surface area contributed by atoms with Gasteiger partial charge in [0.15, 0.2) is 0 Å². The Bertz CT molecular complexity index is 452. The molecule has 0 saturated heterocycles. The van der Waals surface area contributed by atoms with Crippen molar-refractivity contribution < 1.29 is 14.6 Å². The van der Waals surface area contributed by atoms with Gasteiger partial charge in [-0.05, 0) is 55.4 Å². The molecule has 1 aliphatic rings. The second-order valence-electron chi connectivity index (χ2n) is 6.12. The number of aliphatic hydroxyl groups is 1. The van der Waals surface area contributed by atoms with Crippen LogP contribution in [0.15, 0.2) is 24.3 Å². The lowest BCUT2D eigenvalue weighted by molar-refractivity contribution is 0.0916. The van der Waals surface area contributed by atoms with E-state index in [2.05, 4.69) is 5.32 Å². The van der Waals surface area contributed by atoms with Crippen LogP contribution in [0.25, 0.3) is 0 Å². The average molecular weight is 291 g/mol. The zero-order valence-corrected chi connectivity index (χ0v) is 12.8. The van der Waals surface area contributed by atoms with E-state index in [4.69, 9.17) is 9.84 Å². The number of carbonyl (C=O) groups excluding carboxylic acids is 1. The fraction of sp³-hybridized carbons (Fsp3) is 0.588. The normalized spacial score (nSPS) is 15.8. The first-order chi connectivity index (χ1) is 10.1. The van der Waals surface area contributed by atoms with Crippen LogP contribution in [0.4, 0.5) is 0 Å². The molecule has 4 nitrogen and oxygen atoms in total. The molecule has 4 heteroatoms. The minimum atomic E-state index is -0.101. The number of ether oxygens (including phenoxy) is 1. The number of carbonyl (C=O) groups is 1. The molecular formula is C17H25NO3. The Labute approximate surface area is 126 Å². The SMILES string of the molecule is CC(C)C(CCO)NC(=O)c1ccc(OCC2CC2)cc1. The second-order valence-corrected chi connectivity index (χ2v) is 6.12. The van der Waals surface area contributed by atoms with Crippen LogP contribution in [-0.4, -0.2) is 30.3 Å². The van der Waals surface area contributed by atoms with Crippen molar-refractivity contribution in [2.45, 2.75) is 39.2 Å². The van der Waals surface area contributed by atoms with Crippen molar-refractivity contribution in [3.8, 4) is 5.75 Å². The molecule has 1 aliphatic carbocycles. The summed E-state index contributed by atoms with van der Waals surface area (Å²) >= 11 is 0. The standard InChI is InChI=1S/C17H25NO3/c1-12(2)16(9-10-19)18-17(20)14-5-7-15(8-6-14)21-11-13-3-4-13/h5-8,12-13,16,19H,3-4,9-11H2,1-2H3,(H,18,20). The number of nitrogens with one attached hydrogen (secondary N) is 1. The average Bonchev–Trinajstić information content (AvgIpc) is 3.29. The van der Waals surface area contributed by atoms with Gasteiger partial charge in [-0.15, -0.1) is 0 Å². The third-order valence-corrected chi connectivity index (χ3v) is 3.86. The highest BCUT2D eigenvalue weighted by Crippen LogP contribution is 2.29. The van der Waals surface area contributed by atoms with E-state index >= 15 is 0 Å². The summed E-state index contributed by atoms with van der Waals surface area (Å²) in [5.74, 6) is 1.73. The van der Waals surface area contributed by atoms with E-state index in [-0.39, 0.29) is 18.6 Å². The number of benzene rings is 1. The molecule has 1 atom stereocenters. The fourth-order valence-corrected chi connectivity index (χ4v) is 2.16. The lowest BCUT2D eigenvalue weighted by atomic mass is 10.0. The van der Waals surface area contributed by atoms with Crippen molar-refractivity contribution in [3.05, 3.63) is 29.8 Å².